The molecule has 0 saturated carbocycles. The van der Waals surface area contributed by atoms with Crippen LogP contribution in [0.25, 0.3) is 0 Å². The summed E-state index contributed by atoms with van der Waals surface area (Å²) in [6, 6.07) is 0. The van der Waals surface area contributed by atoms with E-state index in [-0.39, 0.29) is 0 Å². The van der Waals surface area contributed by atoms with E-state index in [1.54, 1.807) is 0 Å². The largest absolute Gasteiger partial charge is 0.376 e. The van der Waals surface area contributed by atoms with Gasteiger partial charge in [0.2, 0.25) is 0 Å². The molecule has 0 spiro atoms. The molecule has 1 aliphatic heterocycles. The summed E-state index contributed by atoms with van der Waals surface area (Å²) in [4.78, 5) is 16.5. The van der Waals surface area contributed by atoms with E-state index in [9.17, 15) is 9.13 Å². The fourth-order valence-corrected chi connectivity index (χ4v) is 3.55. The third kappa shape index (κ3) is 0.984. The van der Waals surface area contributed by atoms with Crippen molar-refractivity contribution in [3.63, 3.8) is 0 Å². The van der Waals surface area contributed by atoms with Gasteiger partial charge in [0.05, 0.1) is 0 Å². The maximum Gasteiger partial charge on any atom is 0.376 e. The second kappa shape index (κ2) is 1.66. The molecule has 9 heavy (non-hydrogen) atoms. The van der Waals surface area contributed by atoms with Crippen molar-refractivity contribution in [2.75, 3.05) is 0 Å². The summed E-state index contributed by atoms with van der Waals surface area (Å²) in [6.07, 6.45) is 0. The molecule has 1 heterocycles. The fraction of sp³-hybridized carbons (Fsp3) is 1.00. The van der Waals surface area contributed by atoms with Crippen LogP contribution < -0.4 is 0 Å². The lowest BCUT2D eigenvalue weighted by atomic mass is 11.7. The molecule has 0 radical (unpaired) electrons. The summed E-state index contributed by atoms with van der Waals surface area (Å²) < 4.78 is 23.9. The highest BCUT2D eigenvalue weighted by Gasteiger charge is 2.60. The lowest BCUT2D eigenvalue weighted by molar-refractivity contribution is 0.180. The predicted octanol–water partition coefficient (Wildman–Crippen LogP) is -0.337. The van der Waals surface area contributed by atoms with Gasteiger partial charge in [-0.2, -0.15) is 0 Å². The van der Waals surface area contributed by atoms with Gasteiger partial charge in [0.1, 0.15) is 0 Å². The minimum Gasteiger partial charge on any atom is -0.370 e. The summed E-state index contributed by atoms with van der Waals surface area (Å²) in [5.74, 6) is 0. The summed E-state index contributed by atoms with van der Waals surface area (Å²) in [7, 11) is -8.27. The van der Waals surface area contributed by atoms with Crippen LogP contribution in [-0.4, -0.2) is 20.5 Å². The molecule has 3 N–H and O–H groups in total. The van der Waals surface area contributed by atoms with E-state index < -0.39 is 20.8 Å². The summed E-state index contributed by atoms with van der Waals surface area (Å²) in [6.45, 7) is 0. The second-order valence-corrected chi connectivity index (χ2v) is 5.85. The smallest absolute Gasteiger partial charge is 0.370 e. The van der Waals surface area contributed by atoms with E-state index in [1.807, 2.05) is 0 Å². The molecule has 1 saturated heterocycles. The van der Waals surface area contributed by atoms with Crippen LogP contribution in [0.15, 0.2) is 0 Å². The molecular weight excluding hydrogens is 170 g/mol. The van der Waals surface area contributed by atoms with E-state index in [0.717, 1.165) is 0 Å². The highest BCUT2D eigenvalue weighted by Crippen LogP contribution is 2.80. The molecule has 0 aliphatic carbocycles. The third-order valence-corrected chi connectivity index (χ3v) is 5.61. The van der Waals surface area contributed by atoms with Gasteiger partial charge in [-0.15, -0.1) is 0 Å². The van der Waals surface area contributed by atoms with Crippen LogP contribution in [0, 0.1) is 0 Å². The van der Waals surface area contributed by atoms with Gasteiger partial charge in [-0.3, -0.25) is 9.13 Å². The van der Waals surface area contributed by atoms with Crippen LogP contribution in [0.2, 0.25) is 0 Å². The van der Waals surface area contributed by atoms with Crippen LogP contribution in [-0.2, 0) is 13.4 Å². The lowest BCUT2D eigenvalue weighted by Crippen LogP contribution is -2.20. The van der Waals surface area contributed by atoms with Crippen LogP contribution in [0.3, 0.4) is 0 Å². The van der Waals surface area contributed by atoms with E-state index in [2.05, 4.69) is 4.31 Å². The Morgan fingerprint density at radius 2 is 1.56 bits per heavy atom. The molecule has 1 aliphatic rings. The first kappa shape index (κ1) is 7.41. The Bertz CT molecular complexity index is 197. The minimum atomic E-state index is -4.14. The molecule has 0 amide bonds. The van der Waals surface area contributed by atoms with Gasteiger partial charge >= 0.3 is 15.2 Å². The first-order valence-corrected chi connectivity index (χ1v) is 5.20. The highest BCUT2D eigenvalue weighted by atomic mass is 31.3. The Morgan fingerprint density at radius 1 is 1.22 bits per heavy atom. The Hall–Kier alpha value is 0.300. The van der Waals surface area contributed by atoms with Crippen molar-refractivity contribution >= 4 is 15.2 Å². The molecule has 0 aromatic rings. The molecule has 1 rings (SSSR count). The first-order valence-electron chi connectivity index (χ1n) is 1.90. The van der Waals surface area contributed by atoms with E-state index in [0.29, 0.717) is 0 Å². The van der Waals surface area contributed by atoms with Gasteiger partial charge in [-0.05, 0) is 0 Å². The normalized spacial score (nSPS) is 58.8. The summed E-state index contributed by atoms with van der Waals surface area (Å²) in [5, 5.41) is 8.35. The van der Waals surface area contributed by atoms with Gasteiger partial charge in [0.15, 0.2) is 0 Å². The average molecular weight is 174 g/mol. The molecule has 6 nitrogen and oxygen atoms in total. The number of hydrogen-bond donors (Lipinski definition) is 3. The molecule has 1 fully saturated rings. The number of aliphatic hydroxyl groups excluding tert-OH is 1. The lowest BCUT2D eigenvalue weighted by Gasteiger charge is -2.31. The van der Waals surface area contributed by atoms with Crippen LogP contribution in [0.1, 0.15) is 0 Å². The van der Waals surface area contributed by atoms with Gasteiger partial charge in [-0.25, -0.2) is 4.31 Å². The van der Waals surface area contributed by atoms with Crippen molar-refractivity contribution in [1.29, 1.82) is 0 Å². The van der Waals surface area contributed by atoms with Gasteiger partial charge in [0.25, 0.3) is 5.59 Å². The van der Waals surface area contributed by atoms with Crippen molar-refractivity contribution in [3.8, 4) is 0 Å². The molecular formula is CH4O6P2. The van der Waals surface area contributed by atoms with Crippen molar-refractivity contribution in [2.45, 2.75) is 5.59 Å². The van der Waals surface area contributed by atoms with Gasteiger partial charge in [0, 0.05) is 0 Å². The molecule has 0 aromatic carbocycles. The zero-order chi connectivity index (χ0) is 7.28. The van der Waals surface area contributed by atoms with E-state index in [4.69, 9.17) is 14.9 Å². The van der Waals surface area contributed by atoms with Gasteiger partial charge in [-0.1, -0.05) is 0 Å². The molecule has 8 heteroatoms. The van der Waals surface area contributed by atoms with Crippen molar-refractivity contribution in [3.05, 3.63) is 0 Å². The predicted molar refractivity (Wildman–Crippen MR) is 26.7 cm³/mol. The van der Waals surface area contributed by atoms with Crippen LogP contribution in [0.4, 0.5) is 0 Å². The topological polar surface area (TPSA) is 104 Å². The zero-order valence-corrected chi connectivity index (χ0v) is 5.83. The molecule has 2 unspecified atom stereocenters. The van der Waals surface area contributed by atoms with E-state index >= 15 is 0 Å². The molecule has 0 aromatic heterocycles. The van der Waals surface area contributed by atoms with Crippen LogP contribution in [0.5, 0.6) is 0 Å². The average Bonchev–Trinajstić information content (AvgIpc) is 1.63. The summed E-state index contributed by atoms with van der Waals surface area (Å²) >= 11 is 0. The standard InChI is InChI=1S/CH4O6P2/c2-1-8(3,4)7-9(1,5)6/h1-2H,(H,3,4)(H,5,6). The number of aliphatic hydroxyl groups is 1. The number of hydrogen-bond acceptors (Lipinski definition) is 4. The van der Waals surface area contributed by atoms with Crippen molar-refractivity contribution in [1.82, 2.24) is 0 Å². The maximum atomic E-state index is 10.2. The Balaban J connectivity index is 2.86. The maximum absolute atomic E-state index is 10.2. The third-order valence-electron chi connectivity index (χ3n) is 0.818. The Kier molecular flexibility index (Phi) is 1.37. The quantitative estimate of drug-likeness (QED) is 0.434. The van der Waals surface area contributed by atoms with Crippen molar-refractivity contribution in [2.24, 2.45) is 0 Å². The SMILES string of the molecule is O=P1(O)OP(=O)(O)C1O. The first-order chi connectivity index (χ1) is 3.86. The molecule has 2 atom stereocenters. The van der Waals surface area contributed by atoms with Crippen LogP contribution >= 0.6 is 15.2 Å². The zero-order valence-electron chi connectivity index (χ0n) is 4.04. The Labute approximate surface area is 50.2 Å². The van der Waals surface area contributed by atoms with E-state index in [1.165, 1.54) is 0 Å². The number of rotatable bonds is 0. The second-order valence-electron chi connectivity index (χ2n) is 1.56. The highest BCUT2D eigenvalue weighted by molar-refractivity contribution is 7.83. The Morgan fingerprint density at radius 3 is 1.56 bits per heavy atom. The van der Waals surface area contributed by atoms with Crippen molar-refractivity contribution < 1.29 is 28.3 Å². The molecule has 54 valence electrons. The summed E-state index contributed by atoms with van der Waals surface area (Å²) in [5.41, 5.74) is -2.11. The fourth-order valence-electron chi connectivity index (χ4n) is 0.395. The monoisotopic (exact) mass is 174 g/mol. The van der Waals surface area contributed by atoms with Gasteiger partial charge < -0.3 is 14.9 Å². The minimum absolute atomic E-state index is 2.11. The molecule has 0 bridgehead atoms.